The number of sulfonamides is 1. The molecule has 2 aliphatic heterocycles. The van der Waals surface area contributed by atoms with Gasteiger partial charge in [-0.3, -0.25) is 4.90 Å². The van der Waals surface area contributed by atoms with Crippen molar-refractivity contribution in [1.29, 1.82) is 0 Å². The molecule has 30 heavy (non-hydrogen) atoms. The van der Waals surface area contributed by atoms with Gasteiger partial charge in [-0.2, -0.15) is 4.31 Å². The lowest BCUT2D eigenvalue weighted by molar-refractivity contribution is 0.245. The van der Waals surface area contributed by atoms with Crippen LogP contribution in [0.4, 0.5) is 0 Å². The average molecular weight is 455 g/mol. The number of benzene rings is 1. The summed E-state index contributed by atoms with van der Waals surface area (Å²) in [5.74, 6) is 1.25. The number of aromatic nitrogens is 2. The normalized spacial score (nSPS) is 22.8. The summed E-state index contributed by atoms with van der Waals surface area (Å²) < 4.78 is 53.3. The van der Waals surface area contributed by atoms with E-state index in [-0.39, 0.29) is 17.5 Å². The zero-order chi connectivity index (χ0) is 21.5. The van der Waals surface area contributed by atoms with Crippen molar-refractivity contribution in [2.24, 2.45) is 0 Å². The van der Waals surface area contributed by atoms with Gasteiger partial charge in [-0.1, -0.05) is 6.42 Å². The van der Waals surface area contributed by atoms with E-state index in [0.717, 1.165) is 30.6 Å². The van der Waals surface area contributed by atoms with Crippen molar-refractivity contribution < 1.29 is 16.8 Å². The maximum absolute atomic E-state index is 13.0. The summed E-state index contributed by atoms with van der Waals surface area (Å²) in [6.07, 6.45) is 3.52. The Morgan fingerprint density at radius 1 is 1.20 bits per heavy atom. The number of aryl methyl sites for hydroxylation is 1. The van der Waals surface area contributed by atoms with Gasteiger partial charge in [0.15, 0.2) is 9.84 Å². The Morgan fingerprint density at radius 3 is 2.57 bits per heavy atom. The molecule has 166 valence electrons. The zero-order valence-electron chi connectivity index (χ0n) is 17.6. The van der Waals surface area contributed by atoms with Crippen molar-refractivity contribution in [3.8, 4) is 0 Å². The lowest BCUT2D eigenvalue weighted by Gasteiger charge is -2.25. The van der Waals surface area contributed by atoms with Gasteiger partial charge in [-0.25, -0.2) is 21.8 Å². The minimum atomic E-state index is -3.51. The number of imidazole rings is 1. The first-order valence-electron chi connectivity index (χ1n) is 10.6. The maximum atomic E-state index is 13.0. The first kappa shape index (κ1) is 21.7. The molecule has 0 saturated carbocycles. The zero-order valence-corrected chi connectivity index (χ0v) is 19.3. The van der Waals surface area contributed by atoms with E-state index < -0.39 is 19.9 Å². The third kappa shape index (κ3) is 4.15. The molecule has 2 aliphatic rings. The van der Waals surface area contributed by atoms with Gasteiger partial charge in [0.2, 0.25) is 10.0 Å². The van der Waals surface area contributed by atoms with Gasteiger partial charge in [-0.05, 0) is 51.4 Å². The molecule has 1 aromatic heterocycles. The quantitative estimate of drug-likeness (QED) is 0.661. The smallest absolute Gasteiger partial charge is 0.243 e. The fourth-order valence-electron chi connectivity index (χ4n) is 4.52. The number of piperidine rings is 1. The van der Waals surface area contributed by atoms with E-state index >= 15 is 0 Å². The van der Waals surface area contributed by atoms with E-state index in [9.17, 15) is 16.8 Å². The second-order valence-electron chi connectivity index (χ2n) is 8.36. The van der Waals surface area contributed by atoms with Crippen LogP contribution in [0.25, 0.3) is 11.0 Å². The molecule has 4 rings (SSSR count). The van der Waals surface area contributed by atoms with Crippen molar-refractivity contribution in [3.63, 3.8) is 0 Å². The highest BCUT2D eigenvalue weighted by molar-refractivity contribution is 7.91. The van der Waals surface area contributed by atoms with E-state index in [1.165, 1.54) is 0 Å². The average Bonchev–Trinajstić information content (AvgIpc) is 3.26. The standard InChI is InChI=1S/C20H30N4O4S2/c1-3-24-19-8-7-17(30(27,28)23-10-5-4-6-11-23)13-18(19)21-20(24)14-22(2)16-9-12-29(25,26)15-16/h7-8,13,16H,3-6,9-12,14-15H2,1-2H3. The summed E-state index contributed by atoms with van der Waals surface area (Å²) >= 11 is 0. The summed E-state index contributed by atoms with van der Waals surface area (Å²) in [5.41, 5.74) is 1.56. The number of hydrogen-bond acceptors (Lipinski definition) is 6. The maximum Gasteiger partial charge on any atom is 0.243 e. The highest BCUT2D eigenvalue weighted by atomic mass is 32.2. The fraction of sp³-hybridized carbons (Fsp3) is 0.650. The monoisotopic (exact) mass is 454 g/mol. The van der Waals surface area contributed by atoms with Crippen LogP contribution in [0.5, 0.6) is 0 Å². The van der Waals surface area contributed by atoms with Crippen LogP contribution in [-0.4, -0.2) is 73.3 Å². The lowest BCUT2D eigenvalue weighted by Crippen LogP contribution is -2.35. The molecule has 2 aromatic rings. The largest absolute Gasteiger partial charge is 0.327 e. The second kappa shape index (κ2) is 8.22. The molecule has 0 radical (unpaired) electrons. The molecule has 8 nitrogen and oxygen atoms in total. The molecule has 0 amide bonds. The van der Waals surface area contributed by atoms with Crippen molar-refractivity contribution in [1.82, 2.24) is 18.8 Å². The minimum absolute atomic E-state index is 0.00448. The van der Waals surface area contributed by atoms with Crippen molar-refractivity contribution >= 4 is 30.9 Å². The molecule has 10 heteroatoms. The number of hydrogen-bond donors (Lipinski definition) is 0. The van der Waals surface area contributed by atoms with Crippen LogP contribution in [0, 0.1) is 0 Å². The highest BCUT2D eigenvalue weighted by Gasteiger charge is 2.31. The van der Waals surface area contributed by atoms with Crippen LogP contribution in [-0.2, 0) is 33.0 Å². The van der Waals surface area contributed by atoms with E-state index in [1.807, 2.05) is 24.9 Å². The number of rotatable bonds is 6. The molecule has 0 N–H and O–H groups in total. The van der Waals surface area contributed by atoms with Crippen LogP contribution in [0.15, 0.2) is 23.1 Å². The van der Waals surface area contributed by atoms with E-state index in [2.05, 4.69) is 4.57 Å². The van der Waals surface area contributed by atoms with Gasteiger partial charge in [0.25, 0.3) is 0 Å². The van der Waals surface area contributed by atoms with Crippen LogP contribution in [0.1, 0.15) is 38.4 Å². The Hall–Kier alpha value is -1.49. The third-order valence-corrected chi connectivity index (χ3v) is 9.94. The summed E-state index contributed by atoms with van der Waals surface area (Å²) in [6.45, 7) is 4.41. The Balaban J connectivity index is 1.62. The molecule has 0 spiro atoms. The molecule has 0 bridgehead atoms. The van der Waals surface area contributed by atoms with Gasteiger partial charge < -0.3 is 4.57 Å². The van der Waals surface area contributed by atoms with Crippen LogP contribution >= 0.6 is 0 Å². The highest BCUT2D eigenvalue weighted by Crippen LogP contribution is 2.26. The van der Waals surface area contributed by atoms with Gasteiger partial charge in [0, 0.05) is 25.7 Å². The fourth-order valence-corrected chi connectivity index (χ4v) is 7.87. The molecular weight excluding hydrogens is 424 g/mol. The summed E-state index contributed by atoms with van der Waals surface area (Å²) in [6, 6.07) is 5.19. The van der Waals surface area contributed by atoms with E-state index in [0.29, 0.717) is 43.0 Å². The van der Waals surface area contributed by atoms with Gasteiger partial charge >= 0.3 is 0 Å². The Kier molecular flexibility index (Phi) is 5.95. The molecular formula is C20H30N4O4S2. The van der Waals surface area contributed by atoms with Crippen molar-refractivity contribution in [3.05, 3.63) is 24.0 Å². The molecule has 2 fully saturated rings. The molecule has 0 aliphatic carbocycles. The second-order valence-corrected chi connectivity index (χ2v) is 12.5. The topological polar surface area (TPSA) is 92.6 Å². The van der Waals surface area contributed by atoms with Crippen molar-refractivity contribution in [2.75, 3.05) is 31.6 Å². The number of fused-ring (bicyclic) bond motifs is 1. The first-order chi connectivity index (χ1) is 14.2. The third-order valence-electron chi connectivity index (χ3n) is 6.29. The van der Waals surface area contributed by atoms with E-state index in [1.54, 1.807) is 16.4 Å². The Bertz CT molecular complexity index is 1140. The number of nitrogens with zero attached hydrogens (tertiary/aromatic N) is 4. The molecule has 2 saturated heterocycles. The van der Waals surface area contributed by atoms with Crippen LogP contribution < -0.4 is 0 Å². The predicted octanol–water partition coefficient (Wildman–Crippen LogP) is 1.85. The number of sulfone groups is 1. The van der Waals surface area contributed by atoms with Gasteiger partial charge in [0.05, 0.1) is 34.0 Å². The summed E-state index contributed by atoms with van der Waals surface area (Å²) in [7, 11) is -4.52. The van der Waals surface area contributed by atoms with E-state index in [4.69, 9.17) is 4.98 Å². The van der Waals surface area contributed by atoms with Crippen molar-refractivity contribution in [2.45, 2.75) is 56.6 Å². The Labute approximate surface area is 178 Å². The van der Waals surface area contributed by atoms with Gasteiger partial charge in [-0.15, -0.1) is 0 Å². The van der Waals surface area contributed by atoms with Crippen LogP contribution in [0.3, 0.4) is 0 Å². The predicted molar refractivity (Wildman–Crippen MR) is 117 cm³/mol. The molecule has 3 heterocycles. The SMILES string of the molecule is CCn1c(CN(C)C2CCS(=O)(=O)C2)nc2cc(S(=O)(=O)N3CCCCC3)ccc21. The molecule has 1 atom stereocenters. The van der Waals surface area contributed by atoms with Crippen LogP contribution in [0.2, 0.25) is 0 Å². The lowest BCUT2D eigenvalue weighted by atomic mass is 10.2. The Morgan fingerprint density at radius 2 is 1.93 bits per heavy atom. The first-order valence-corrected chi connectivity index (χ1v) is 13.9. The van der Waals surface area contributed by atoms with Gasteiger partial charge in [0.1, 0.15) is 5.82 Å². The molecule has 1 unspecified atom stereocenters. The molecule has 1 aromatic carbocycles. The summed E-state index contributed by atoms with van der Waals surface area (Å²) in [4.78, 5) is 7.08. The minimum Gasteiger partial charge on any atom is -0.327 e. The summed E-state index contributed by atoms with van der Waals surface area (Å²) in [5, 5.41) is 0.